The highest BCUT2D eigenvalue weighted by Gasteiger charge is 2.03. The van der Waals surface area contributed by atoms with E-state index >= 15 is 0 Å². The highest BCUT2D eigenvalue weighted by Crippen LogP contribution is 2.16. The van der Waals surface area contributed by atoms with E-state index in [4.69, 9.17) is 4.74 Å². The molecule has 0 fully saturated rings. The van der Waals surface area contributed by atoms with Gasteiger partial charge in [0.25, 0.3) is 0 Å². The largest absolute Gasteiger partial charge is 0.508 e. The molecule has 0 unspecified atom stereocenters. The van der Waals surface area contributed by atoms with Gasteiger partial charge < -0.3 is 14.7 Å². The minimum Gasteiger partial charge on any atom is -0.508 e. The zero-order valence-corrected chi connectivity index (χ0v) is 9.44. The number of benzene rings is 1. The molecule has 3 nitrogen and oxygen atoms in total. The van der Waals surface area contributed by atoms with E-state index in [1.165, 1.54) is 0 Å². The second-order valence-corrected chi connectivity index (χ2v) is 3.71. The second kappa shape index (κ2) is 6.43. The molecular weight excluding hydrogens is 190 g/mol. The van der Waals surface area contributed by atoms with Gasteiger partial charge in [-0.25, -0.2) is 0 Å². The van der Waals surface area contributed by atoms with Crippen LogP contribution in [-0.2, 0) is 11.3 Å². The molecule has 1 aromatic carbocycles. The number of hydrogen-bond donors (Lipinski definition) is 1. The summed E-state index contributed by atoms with van der Waals surface area (Å²) in [5.41, 5.74) is 0.970. The molecule has 0 aliphatic rings. The summed E-state index contributed by atoms with van der Waals surface area (Å²) in [6, 6.07) is 7.45. The summed E-state index contributed by atoms with van der Waals surface area (Å²) in [6.45, 7) is 2.53. The summed E-state index contributed by atoms with van der Waals surface area (Å²) in [5.74, 6) is 0.371. The number of nitrogens with zero attached hydrogens (tertiary/aromatic N) is 1. The standard InChI is InChI=1S/C12H19NO2/c1-13(8-5-9-15-2)10-11-6-3-4-7-12(11)14/h3-4,6-7,14H,5,8-10H2,1-2H3. The molecule has 0 amide bonds. The van der Waals surface area contributed by atoms with Gasteiger partial charge in [0.2, 0.25) is 0 Å². The van der Waals surface area contributed by atoms with Gasteiger partial charge in [-0.1, -0.05) is 18.2 Å². The van der Waals surface area contributed by atoms with Crippen LogP contribution in [0.3, 0.4) is 0 Å². The second-order valence-electron chi connectivity index (χ2n) is 3.71. The Hall–Kier alpha value is -1.06. The topological polar surface area (TPSA) is 32.7 Å². The molecule has 0 atom stereocenters. The maximum absolute atomic E-state index is 9.58. The molecule has 0 spiro atoms. The fourth-order valence-electron chi connectivity index (χ4n) is 1.49. The molecule has 0 saturated heterocycles. The number of aromatic hydroxyl groups is 1. The average molecular weight is 209 g/mol. The fraction of sp³-hybridized carbons (Fsp3) is 0.500. The van der Waals surface area contributed by atoms with E-state index in [2.05, 4.69) is 4.90 Å². The van der Waals surface area contributed by atoms with Crippen LogP contribution in [0.4, 0.5) is 0 Å². The maximum atomic E-state index is 9.58. The van der Waals surface area contributed by atoms with E-state index in [9.17, 15) is 5.11 Å². The SMILES string of the molecule is COCCCN(C)Cc1ccccc1O. The molecule has 0 saturated carbocycles. The Morgan fingerprint density at radius 1 is 1.33 bits per heavy atom. The average Bonchev–Trinajstić information content (AvgIpc) is 2.22. The number of phenolic OH excluding ortho intramolecular Hbond substituents is 1. The number of ether oxygens (including phenoxy) is 1. The van der Waals surface area contributed by atoms with E-state index in [-0.39, 0.29) is 0 Å². The van der Waals surface area contributed by atoms with E-state index in [1.807, 2.05) is 25.2 Å². The Kier molecular flexibility index (Phi) is 5.15. The lowest BCUT2D eigenvalue weighted by Gasteiger charge is -2.16. The van der Waals surface area contributed by atoms with Crippen LogP contribution in [0.2, 0.25) is 0 Å². The summed E-state index contributed by atoms with van der Waals surface area (Å²) in [7, 11) is 3.76. The van der Waals surface area contributed by atoms with Crippen molar-refractivity contribution in [3.8, 4) is 5.75 Å². The van der Waals surface area contributed by atoms with E-state index < -0.39 is 0 Å². The summed E-state index contributed by atoms with van der Waals surface area (Å²) < 4.78 is 4.99. The van der Waals surface area contributed by atoms with Crippen molar-refractivity contribution in [1.29, 1.82) is 0 Å². The number of hydrogen-bond acceptors (Lipinski definition) is 3. The summed E-state index contributed by atoms with van der Waals surface area (Å²) >= 11 is 0. The Morgan fingerprint density at radius 2 is 2.07 bits per heavy atom. The summed E-state index contributed by atoms with van der Waals surface area (Å²) in [6.07, 6.45) is 1.01. The van der Waals surface area contributed by atoms with Crippen molar-refractivity contribution in [2.75, 3.05) is 27.3 Å². The van der Waals surface area contributed by atoms with Crippen LogP contribution in [-0.4, -0.2) is 37.3 Å². The first-order valence-electron chi connectivity index (χ1n) is 5.18. The Labute approximate surface area is 91.3 Å². The minimum atomic E-state index is 0.371. The first-order valence-corrected chi connectivity index (χ1v) is 5.18. The molecule has 15 heavy (non-hydrogen) atoms. The van der Waals surface area contributed by atoms with Crippen molar-refractivity contribution in [2.45, 2.75) is 13.0 Å². The van der Waals surface area contributed by atoms with Crippen molar-refractivity contribution in [3.63, 3.8) is 0 Å². The molecule has 0 heterocycles. The van der Waals surface area contributed by atoms with Crippen molar-refractivity contribution in [1.82, 2.24) is 4.90 Å². The number of methoxy groups -OCH3 is 1. The van der Waals surface area contributed by atoms with Gasteiger partial charge in [0.05, 0.1) is 0 Å². The van der Waals surface area contributed by atoms with E-state index in [1.54, 1.807) is 13.2 Å². The predicted molar refractivity (Wildman–Crippen MR) is 60.9 cm³/mol. The normalized spacial score (nSPS) is 10.9. The van der Waals surface area contributed by atoms with Crippen LogP contribution in [0.5, 0.6) is 5.75 Å². The lowest BCUT2D eigenvalue weighted by atomic mass is 10.2. The highest BCUT2D eigenvalue weighted by atomic mass is 16.5. The van der Waals surface area contributed by atoms with Crippen LogP contribution in [0, 0.1) is 0 Å². The molecule has 1 aromatic rings. The van der Waals surface area contributed by atoms with E-state index in [0.717, 1.165) is 31.7 Å². The van der Waals surface area contributed by atoms with Gasteiger partial charge in [0.15, 0.2) is 0 Å². The van der Waals surface area contributed by atoms with Gasteiger partial charge in [-0.05, 0) is 19.5 Å². The van der Waals surface area contributed by atoms with Gasteiger partial charge in [-0.3, -0.25) is 0 Å². The quantitative estimate of drug-likeness (QED) is 0.726. The van der Waals surface area contributed by atoms with Crippen LogP contribution in [0.15, 0.2) is 24.3 Å². The Balaban J connectivity index is 2.37. The molecule has 0 radical (unpaired) electrons. The van der Waals surface area contributed by atoms with Gasteiger partial charge in [-0.2, -0.15) is 0 Å². The molecule has 84 valence electrons. The van der Waals surface area contributed by atoms with Crippen molar-refractivity contribution >= 4 is 0 Å². The number of phenols is 1. The summed E-state index contributed by atoms with van der Waals surface area (Å²) in [5, 5.41) is 9.58. The Bertz CT molecular complexity index is 289. The molecule has 1 N–H and O–H groups in total. The first-order chi connectivity index (χ1) is 7.24. The van der Waals surface area contributed by atoms with Crippen molar-refractivity contribution in [3.05, 3.63) is 29.8 Å². The molecule has 0 aliphatic carbocycles. The smallest absolute Gasteiger partial charge is 0.120 e. The third kappa shape index (κ3) is 4.32. The monoisotopic (exact) mass is 209 g/mol. The van der Waals surface area contributed by atoms with Gasteiger partial charge >= 0.3 is 0 Å². The van der Waals surface area contributed by atoms with Gasteiger partial charge in [-0.15, -0.1) is 0 Å². The number of para-hydroxylation sites is 1. The van der Waals surface area contributed by atoms with Crippen LogP contribution in [0.25, 0.3) is 0 Å². The maximum Gasteiger partial charge on any atom is 0.120 e. The predicted octanol–water partition coefficient (Wildman–Crippen LogP) is 1.86. The van der Waals surface area contributed by atoms with E-state index in [0.29, 0.717) is 5.75 Å². The lowest BCUT2D eigenvalue weighted by molar-refractivity contribution is 0.178. The van der Waals surface area contributed by atoms with Gasteiger partial charge in [0.1, 0.15) is 5.75 Å². The van der Waals surface area contributed by atoms with Gasteiger partial charge in [0, 0.05) is 32.4 Å². The fourth-order valence-corrected chi connectivity index (χ4v) is 1.49. The lowest BCUT2D eigenvalue weighted by Crippen LogP contribution is -2.20. The Morgan fingerprint density at radius 3 is 2.73 bits per heavy atom. The van der Waals surface area contributed by atoms with Crippen LogP contribution >= 0.6 is 0 Å². The number of rotatable bonds is 6. The molecule has 0 aliphatic heterocycles. The highest BCUT2D eigenvalue weighted by molar-refractivity contribution is 5.31. The molecular formula is C12H19NO2. The van der Waals surface area contributed by atoms with Crippen LogP contribution < -0.4 is 0 Å². The van der Waals surface area contributed by atoms with Crippen molar-refractivity contribution in [2.24, 2.45) is 0 Å². The van der Waals surface area contributed by atoms with Crippen molar-refractivity contribution < 1.29 is 9.84 Å². The first kappa shape index (κ1) is 12.0. The third-order valence-electron chi connectivity index (χ3n) is 2.32. The third-order valence-corrected chi connectivity index (χ3v) is 2.32. The molecule has 1 rings (SSSR count). The molecule has 3 heteroatoms. The molecule has 0 aromatic heterocycles. The summed E-state index contributed by atoms with van der Waals surface area (Å²) in [4.78, 5) is 2.17. The minimum absolute atomic E-state index is 0.371. The zero-order valence-electron chi connectivity index (χ0n) is 9.44. The zero-order chi connectivity index (χ0) is 11.1. The van der Waals surface area contributed by atoms with Crippen LogP contribution in [0.1, 0.15) is 12.0 Å². The molecule has 0 bridgehead atoms.